The Bertz CT molecular complexity index is 672. The van der Waals surface area contributed by atoms with Crippen LogP contribution in [0.15, 0.2) is 24.3 Å². The number of halogens is 1. The number of nitrogens with zero attached hydrogens (tertiary/aromatic N) is 3. The van der Waals surface area contributed by atoms with E-state index in [1.807, 2.05) is 18.2 Å². The minimum absolute atomic E-state index is 0.0725. The summed E-state index contributed by atoms with van der Waals surface area (Å²) in [6.45, 7) is 0.145. The predicted molar refractivity (Wildman–Crippen MR) is 69.9 cm³/mol. The van der Waals surface area contributed by atoms with Crippen LogP contribution < -0.4 is 10.2 Å². The number of para-hydroxylation sites is 1. The molecule has 1 aromatic heterocycles. The van der Waals surface area contributed by atoms with Gasteiger partial charge in [0.05, 0.1) is 18.6 Å². The largest absolute Gasteiger partial charge is 0.337 e. The molecule has 1 aliphatic heterocycles. The van der Waals surface area contributed by atoms with Crippen molar-refractivity contribution < 1.29 is 9.59 Å². The summed E-state index contributed by atoms with van der Waals surface area (Å²) in [7, 11) is 0. The normalized spacial score (nSPS) is 15.7. The molecule has 3 rings (SSSR count). The number of amides is 2. The van der Waals surface area contributed by atoms with E-state index in [0.29, 0.717) is 11.3 Å². The summed E-state index contributed by atoms with van der Waals surface area (Å²) >= 11 is 5.88. The first-order valence-corrected chi connectivity index (χ1v) is 6.01. The van der Waals surface area contributed by atoms with Gasteiger partial charge in [0.15, 0.2) is 0 Å². The molecule has 1 aromatic carbocycles. The van der Waals surface area contributed by atoms with Crippen molar-refractivity contribution in [3.8, 4) is 0 Å². The average Bonchev–Trinajstić information content (AvgIpc) is 2.36. The van der Waals surface area contributed by atoms with Gasteiger partial charge >= 0.3 is 0 Å². The third-order valence-corrected chi connectivity index (χ3v) is 2.97. The second kappa shape index (κ2) is 4.47. The van der Waals surface area contributed by atoms with Crippen LogP contribution in [0.3, 0.4) is 0 Å². The molecule has 96 valence electrons. The number of imide groups is 1. The SMILES string of the molecule is O=C1CN(c2nc(Cl)nc3ccccc23)CC(=O)N1. The van der Waals surface area contributed by atoms with Gasteiger partial charge in [0, 0.05) is 5.39 Å². The van der Waals surface area contributed by atoms with Gasteiger partial charge in [-0.2, -0.15) is 4.98 Å². The molecule has 1 aliphatic rings. The molecule has 7 heteroatoms. The highest BCUT2D eigenvalue weighted by atomic mass is 35.5. The number of rotatable bonds is 1. The number of carbonyl (C=O) groups excluding carboxylic acids is 2. The van der Waals surface area contributed by atoms with Gasteiger partial charge < -0.3 is 4.90 Å². The standard InChI is InChI=1S/C12H9ClN4O2/c13-12-14-8-4-2-1-3-7(8)11(16-12)17-5-9(18)15-10(19)6-17/h1-4H,5-6H2,(H,15,18,19). The fourth-order valence-corrected chi connectivity index (χ4v) is 2.23. The molecule has 0 unspecified atom stereocenters. The van der Waals surface area contributed by atoms with Crippen molar-refractivity contribution in [1.82, 2.24) is 15.3 Å². The lowest BCUT2D eigenvalue weighted by molar-refractivity contribution is -0.130. The Morgan fingerprint density at radius 2 is 1.79 bits per heavy atom. The number of benzene rings is 1. The van der Waals surface area contributed by atoms with Crippen molar-refractivity contribution in [1.29, 1.82) is 0 Å². The minimum atomic E-state index is -0.352. The third kappa shape index (κ3) is 2.22. The second-order valence-corrected chi connectivity index (χ2v) is 4.50. The number of hydrogen-bond acceptors (Lipinski definition) is 5. The van der Waals surface area contributed by atoms with E-state index in [0.717, 1.165) is 5.39 Å². The van der Waals surface area contributed by atoms with Gasteiger partial charge in [-0.05, 0) is 23.7 Å². The molecular weight excluding hydrogens is 268 g/mol. The van der Waals surface area contributed by atoms with E-state index in [9.17, 15) is 9.59 Å². The Hall–Kier alpha value is -2.21. The van der Waals surface area contributed by atoms with Gasteiger partial charge in [-0.1, -0.05) is 12.1 Å². The van der Waals surface area contributed by atoms with E-state index in [1.165, 1.54) is 0 Å². The van der Waals surface area contributed by atoms with E-state index in [1.54, 1.807) is 11.0 Å². The fraction of sp³-hybridized carbons (Fsp3) is 0.167. The quantitative estimate of drug-likeness (QED) is 0.614. The van der Waals surface area contributed by atoms with E-state index >= 15 is 0 Å². The first-order chi connectivity index (χ1) is 9.13. The van der Waals surface area contributed by atoms with Crippen molar-refractivity contribution in [2.75, 3.05) is 18.0 Å². The smallest absolute Gasteiger partial charge is 0.246 e. The van der Waals surface area contributed by atoms with Crippen LogP contribution in [-0.2, 0) is 9.59 Å². The average molecular weight is 277 g/mol. The minimum Gasteiger partial charge on any atom is -0.337 e. The van der Waals surface area contributed by atoms with Crippen LogP contribution in [-0.4, -0.2) is 34.9 Å². The zero-order chi connectivity index (χ0) is 13.4. The lowest BCUT2D eigenvalue weighted by atomic mass is 10.2. The molecule has 0 bridgehead atoms. The highest BCUT2D eigenvalue weighted by Gasteiger charge is 2.25. The molecule has 1 saturated heterocycles. The van der Waals surface area contributed by atoms with Gasteiger partial charge in [0.25, 0.3) is 0 Å². The Kier molecular flexibility index (Phi) is 2.79. The lowest BCUT2D eigenvalue weighted by Gasteiger charge is -2.27. The number of aromatic nitrogens is 2. The molecule has 6 nitrogen and oxygen atoms in total. The summed E-state index contributed by atoms with van der Waals surface area (Å²) < 4.78 is 0. The topological polar surface area (TPSA) is 75.2 Å². The molecule has 1 N–H and O–H groups in total. The lowest BCUT2D eigenvalue weighted by Crippen LogP contribution is -2.51. The summed E-state index contributed by atoms with van der Waals surface area (Å²) in [6, 6.07) is 7.31. The maximum absolute atomic E-state index is 11.4. The number of piperazine rings is 1. The molecule has 19 heavy (non-hydrogen) atoms. The Morgan fingerprint density at radius 3 is 2.53 bits per heavy atom. The predicted octanol–water partition coefficient (Wildman–Crippen LogP) is 0.746. The van der Waals surface area contributed by atoms with Gasteiger partial charge in [0.2, 0.25) is 17.1 Å². The highest BCUT2D eigenvalue weighted by Crippen LogP contribution is 2.25. The Balaban J connectivity index is 2.13. The van der Waals surface area contributed by atoms with Crippen molar-refractivity contribution in [2.24, 2.45) is 0 Å². The molecule has 0 aliphatic carbocycles. The van der Waals surface area contributed by atoms with Gasteiger partial charge in [-0.15, -0.1) is 0 Å². The van der Waals surface area contributed by atoms with Crippen molar-refractivity contribution in [2.45, 2.75) is 0 Å². The first-order valence-electron chi connectivity index (χ1n) is 5.63. The number of fused-ring (bicyclic) bond motifs is 1. The summed E-state index contributed by atoms with van der Waals surface area (Å²) in [5.41, 5.74) is 0.677. The molecule has 0 radical (unpaired) electrons. The van der Waals surface area contributed by atoms with Crippen molar-refractivity contribution in [3.05, 3.63) is 29.5 Å². The molecule has 0 atom stereocenters. The van der Waals surface area contributed by atoms with Crippen molar-refractivity contribution in [3.63, 3.8) is 0 Å². The summed E-state index contributed by atoms with van der Waals surface area (Å²) in [6.07, 6.45) is 0. The third-order valence-electron chi connectivity index (χ3n) is 2.80. The molecule has 0 saturated carbocycles. The van der Waals surface area contributed by atoms with Crippen LogP contribution in [0.2, 0.25) is 5.28 Å². The van der Waals surface area contributed by atoms with Crippen LogP contribution in [0, 0.1) is 0 Å². The summed E-state index contributed by atoms with van der Waals surface area (Å²) in [5, 5.41) is 3.09. The Morgan fingerprint density at radius 1 is 1.11 bits per heavy atom. The van der Waals surface area contributed by atoms with E-state index < -0.39 is 0 Å². The van der Waals surface area contributed by atoms with E-state index in [2.05, 4.69) is 15.3 Å². The van der Waals surface area contributed by atoms with E-state index in [4.69, 9.17) is 11.6 Å². The summed E-state index contributed by atoms with van der Waals surface area (Å²) in [4.78, 5) is 32.7. The molecule has 2 amide bonds. The number of carbonyl (C=O) groups is 2. The summed E-state index contributed by atoms with van der Waals surface area (Å²) in [5.74, 6) is -0.205. The molecule has 1 fully saturated rings. The number of anilines is 1. The highest BCUT2D eigenvalue weighted by molar-refractivity contribution is 6.28. The zero-order valence-corrected chi connectivity index (χ0v) is 10.5. The van der Waals surface area contributed by atoms with E-state index in [-0.39, 0.29) is 30.2 Å². The van der Waals surface area contributed by atoms with Crippen LogP contribution in [0.25, 0.3) is 10.9 Å². The van der Waals surface area contributed by atoms with Crippen LogP contribution in [0.5, 0.6) is 0 Å². The first kappa shape index (κ1) is 11.9. The number of hydrogen-bond donors (Lipinski definition) is 1. The zero-order valence-electron chi connectivity index (χ0n) is 9.76. The monoisotopic (exact) mass is 276 g/mol. The van der Waals surface area contributed by atoms with Crippen LogP contribution in [0.4, 0.5) is 5.82 Å². The molecule has 2 heterocycles. The maximum atomic E-state index is 11.4. The second-order valence-electron chi connectivity index (χ2n) is 4.16. The molecule has 0 spiro atoms. The van der Waals surface area contributed by atoms with Gasteiger partial charge in [-0.3, -0.25) is 14.9 Å². The van der Waals surface area contributed by atoms with Gasteiger partial charge in [0.1, 0.15) is 5.82 Å². The molecule has 2 aromatic rings. The molecular formula is C12H9ClN4O2. The Labute approximate surface area is 113 Å². The van der Waals surface area contributed by atoms with Crippen molar-refractivity contribution >= 4 is 40.1 Å². The van der Waals surface area contributed by atoms with Crippen LogP contribution in [0.1, 0.15) is 0 Å². The number of nitrogens with one attached hydrogen (secondary N) is 1. The van der Waals surface area contributed by atoms with Crippen LogP contribution >= 0.6 is 11.6 Å². The van der Waals surface area contributed by atoms with Gasteiger partial charge in [-0.25, -0.2) is 4.98 Å². The fourth-order valence-electron chi connectivity index (χ4n) is 2.06. The maximum Gasteiger partial charge on any atom is 0.246 e.